The minimum absolute atomic E-state index is 0.0653. The van der Waals surface area contributed by atoms with E-state index < -0.39 is 12.0 Å². The fourth-order valence-electron chi connectivity index (χ4n) is 4.01. The van der Waals surface area contributed by atoms with Gasteiger partial charge in [0.25, 0.3) is 12.0 Å². The Morgan fingerprint density at radius 3 is 2.54 bits per heavy atom. The fourth-order valence-corrected chi connectivity index (χ4v) is 4.33. The Morgan fingerprint density at radius 2 is 1.93 bits per heavy atom. The van der Waals surface area contributed by atoms with Crippen LogP contribution in [0.2, 0.25) is 0 Å². The molecule has 0 bridgehead atoms. The van der Waals surface area contributed by atoms with Gasteiger partial charge in [-0.3, -0.25) is 14.3 Å². The monoisotopic (exact) mass is 401 g/mol. The van der Waals surface area contributed by atoms with Gasteiger partial charge in [0.1, 0.15) is 5.65 Å². The number of nitrogens with zero attached hydrogens (tertiary/aromatic N) is 2. The quantitative estimate of drug-likeness (QED) is 0.568. The van der Waals surface area contributed by atoms with E-state index in [9.17, 15) is 13.6 Å². The van der Waals surface area contributed by atoms with E-state index in [-0.39, 0.29) is 27.4 Å². The number of aromatic nitrogens is 3. The molecule has 2 aromatic heterocycles. The maximum atomic E-state index is 13.9. The van der Waals surface area contributed by atoms with Crippen LogP contribution in [0.1, 0.15) is 56.2 Å². The molecule has 0 atom stereocenters. The first-order chi connectivity index (χ1) is 13.5. The molecule has 4 nitrogen and oxygen atoms in total. The van der Waals surface area contributed by atoms with Gasteiger partial charge in [-0.2, -0.15) is 0 Å². The fraction of sp³-hybridized carbons (Fsp3) is 0.381. The van der Waals surface area contributed by atoms with Crippen molar-refractivity contribution in [3.05, 3.63) is 56.6 Å². The van der Waals surface area contributed by atoms with E-state index >= 15 is 0 Å². The number of alkyl halides is 2. The zero-order valence-electron chi connectivity index (χ0n) is 15.5. The summed E-state index contributed by atoms with van der Waals surface area (Å²) in [5.74, 6) is 0. The zero-order chi connectivity index (χ0) is 19.8. The standard InChI is InChI=1S/C21H21F2N3OS/c1-2-12-7-9-13(10-8-12)16-11-15(18(22)23)17-19(24-16)26(14-5-3-4-6-14)21(28)25-20(17)27/h7-11,14,18H,2-6H2,1H3,(H,25,27,28). The number of hydrogen-bond donors (Lipinski definition) is 1. The number of benzene rings is 1. The maximum Gasteiger partial charge on any atom is 0.264 e. The van der Waals surface area contributed by atoms with Crippen LogP contribution >= 0.6 is 12.2 Å². The molecule has 1 aliphatic rings. The Hall–Kier alpha value is -2.41. The summed E-state index contributed by atoms with van der Waals surface area (Å²) in [5, 5.41) is -0.0653. The maximum absolute atomic E-state index is 13.9. The second-order valence-corrected chi connectivity index (χ2v) is 7.60. The van der Waals surface area contributed by atoms with Crippen molar-refractivity contribution in [2.45, 2.75) is 51.5 Å². The Morgan fingerprint density at radius 1 is 1.25 bits per heavy atom. The molecule has 0 amide bonds. The topological polar surface area (TPSA) is 50.7 Å². The minimum Gasteiger partial charge on any atom is -0.299 e. The van der Waals surface area contributed by atoms with E-state index in [1.54, 1.807) is 4.57 Å². The van der Waals surface area contributed by atoms with E-state index in [4.69, 9.17) is 12.2 Å². The second-order valence-electron chi connectivity index (χ2n) is 7.21. The molecule has 3 aromatic rings. The number of halogens is 2. The Balaban J connectivity index is 2.03. The summed E-state index contributed by atoms with van der Waals surface area (Å²) in [6.07, 6.45) is 2.00. The lowest BCUT2D eigenvalue weighted by Crippen LogP contribution is -2.20. The van der Waals surface area contributed by atoms with Crippen LogP contribution in [-0.4, -0.2) is 14.5 Å². The Labute approximate surface area is 166 Å². The Kier molecular flexibility index (Phi) is 5.10. The van der Waals surface area contributed by atoms with Gasteiger partial charge in [-0.25, -0.2) is 13.8 Å². The molecule has 1 aliphatic carbocycles. The van der Waals surface area contributed by atoms with Gasteiger partial charge in [-0.15, -0.1) is 0 Å². The van der Waals surface area contributed by atoms with Crippen molar-refractivity contribution >= 4 is 23.3 Å². The van der Waals surface area contributed by atoms with Crippen LogP contribution in [0.25, 0.3) is 22.3 Å². The summed E-state index contributed by atoms with van der Waals surface area (Å²) < 4.78 is 29.8. The average molecular weight is 401 g/mol. The van der Waals surface area contributed by atoms with Crippen molar-refractivity contribution < 1.29 is 8.78 Å². The highest BCUT2D eigenvalue weighted by Gasteiger charge is 2.24. The molecule has 28 heavy (non-hydrogen) atoms. The van der Waals surface area contributed by atoms with E-state index in [1.807, 2.05) is 24.3 Å². The molecule has 0 unspecified atom stereocenters. The van der Waals surface area contributed by atoms with E-state index in [1.165, 1.54) is 6.07 Å². The summed E-state index contributed by atoms with van der Waals surface area (Å²) in [4.78, 5) is 19.7. The molecule has 146 valence electrons. The highest BCUT2D eigenvalue weighted by atomic mass is 32.1. The lowest BCUT2D eigenvalue weighted by molar-refractivity contribution is 0.153. The molecule has 7 heteroatoms. The number of rotatable bonds is 4. The minimum atomic E-state index is -2.78. The van der Waals surface area contributed by atoms with Crippen molar-refractivity contribution in [1.82, 2.24) is 14.5 Å². The smallest absolute Gasteiger partial charge is 0.264 e. The predicted octanol–water partition coefficient (Wildman–Crippen LogP) is 5.74. The van der Waals surface area contributed by atoms with Gasteiger partial charge in [-0.1, -0.05) is 44.0 Å². The second kappa shape index (κ2) is 7.54. The molecule has 1 saturated carbocycles. The molecule has 2 heterocycles. The third-order valence-corrected chi connectivity index (χ3v) is 5.81. The molecule has 4 rings (SSSR count). The van der Waals surface area contributed by atoms with Crippen LogP contribution in [-0.2, 0) is 6.42 Å². The number of pyridine rings is 1. The lowest BCUT2D eigenvalue weighted by atomic mass is 10.0. The number of fused-ring (bicyclic) bond motifs is 1. The van der Waals surface area contributed by atoms with Crippen molar-refractivity contribution in [3.63, 3.8) is 0 Å². The number of aryl methyl sites for hydroxylation is 1. The molecule has 0 spiro atoms. The first-order valence-electron chi connectivity index (χ1n) is 9.56. The Bertz CT molecular complexity index is 1130. The van der Waals surface area contributed by atoms with Gasteiger partial charge >= 0.3 is 0 Å². The molecule has 0 saturated heterocycles. The molecular formula is C21H21F2N3OS. The van der Waals surface area contributed by atoms with Gasteiger partial charge in [0.15, 0.2) is 4.77 Å². The molecular weight excluding hydrogens is 380 g/mol. The molecule has 1 aromatic carbocycles. The molecule has 0 radical (unpaired) electrons. The molecule has 0 aliphatic heterocycles. The van der Waals surface area contributed by atoms with Crippen LogP contribution in [0.15, 0.2) is 35.1 Å². The van der Waals surface area contributed by atoms with Crippen molar-refractivity contribution in [2.75, 3.05) is 0 Å². The van der Waals surface area contributed by atoms with E-state index in [0.717, 1.165) is 43.2 Å². The molecule has 1 fully saturated rings. The first-order valence-corrected chi connectivity index (χ1v) is 9.97. The van der Waals surface area contributed by atoms with Crippen molar-refractivity contribution in [2.24, 2.45) is 0 Å². The summed E-state index contributed by atoms with van der Waals surface area (Å²) in [6.45, 7) is 2.06. The zero-order valence-corrected chi connectivity index (χ0v) is 16.4. The van der Waals surface area contributed by atoms with Gasteiger partial charge in [0.2, 0.25) is 0 Å². The third kappa shape index (κ3) is 3.28. The normalized spacial score (nSPS) is 15.0. The first kappa shape index (κ1) is 18.9. The highest BCUT2D eigenvalue weighted by molar-refractivity contribution is 7.71. The SMILES string of the molecule is CCc1ccc(-c2cc(C(F)F)c3c(=O)[nH]c(=S)n(C4CCCC4)c3n2)cc1. The number of aromatic amines is 1. The van der Waals surface area contributed by atoms with Gasteiger partial charge in [0, 0.05) is 17.2 Å². The molecule has 1 N–H and O–H groups in total. The number of hydrogen-bond acceptors (Lipinski definition) is 3. The largest absolute Gasteiger partial charge is 0.299 e. The third-order valence-electron chi connectivity index (χ3n) is 5.51. The van der Waals surface area contributed by atoms with Gasteiger partial charge in [0.05, 0.1) is 11.1 Å². The summed E-state index contributed by atoms with van der Waals surface area (Å²) >= 11 is 5.39. The van der Waals surface area contributed by atoms with E-state index in [0.29, 0.717) is 5.69 Å². The van der Waals surface area contributed by atoms with Crippen LogP contribution in [0.5, 0.6) is 0 Å². The van der Waals surface area contributed by atoms with Gasteiger partial charge in [-0.05, 0) is 43.1 Å². The summed E-state index contributed by atoms with van der Waals surface area (Å²) in [5.41, 5.74) is 1.67. The highest BCUT2D eigenvalue weighted by Crippen LogP contribution is 2.34. The van der Waals surface area contributed by atoms with Crippen LogP contribution in [0.3, 0.4) is 0 Å². The van der Waals surface area contributed by atoms with Crippen molar-refractivity contribution in [1.29, 1.82) is 0 Å². The number of H-pyrrole nitrogens is 1. The van der Waals surface area contributed by atoms with Crippen molar-refractivity contribution in [3.8, 4) is 11.3 Å². The van der Waals surface area contributed by atoms with Crippen LogP contribution in [0.4, 0.5) is 8.78 Å². The summed E-state index contributed by atoms with van der Waals surface area (Å²) in [7, 11) is 0. The van der Waals surface area contributed by atoms with Crippen LogP contribution in [0, 0.1) is 4.77 Å². The van der Waals surface area contributed by atoms with Gasteiger partial charge < -0.3 is 0 Å². The predicted molar refractivity (Wildman–Crippen MR) is 108 cm³/mol. The number of nitrogens with one attached hydrogen (secondary N) is 1. The average Bonchev–Trinajstić information content (AvgIpc) is 3.21. The van der Waals surface area contributed by atoms with Crippen LogP contribution < -0.4 is 5.56 Å². The van der Waals surface area contributed by atoms with E-state index in [2.05, 4.69) is 16.9 Å². The summed E-state index contributed by atoms with van der Waals surface area (Å²) in [6, 6.07) is 9.08. The lowest BCUT2D eigenvalue weighted by Gasteiger charge is -2.19.